The van der Waals surface area contributed by atoms with Crippen molar-refractivity contribution in [3.05, 3.63) is 75.3 Å². The van der Waals surface area contributed by atoms with Gasteiger partial charge in [0, 0.05) is 0 Å². The Labute approximate surface area is 142 Å². The molecule has 0 aliphatic rings. The maximum atomic E-state index is 12.2. The highest BCUT2D eigenvalue weighted by molar-refractivity contribution is 6.50. The molecule has 0 amide bonds. The van der Waals surface area contributed by atoms with E-state index in [0.717, 1.165) is 5.56 Å². The van der Waals surface area contributed by atoms with E-state index >= 15 is 0 Å². The van der Waals surface area contributed by atoms with Crippen molar-refractivity contribution in [1.29, 1.82) is 0 Å². The molecular formula is C18H13ClN2O3. The van der Waals surface area contributed by atoms with Crippen molar-refractivity contribution in [2.24, 2.45) is 0 Å². The number of carbonyl (C=O) groups is 1. The highest BCUT2D eigenvalue weighted by atomic mass is 35.5. The fraction of sp³-hybridized carbons (Fsp3) is 0.0556. The summed E-state index contributed by atoms with van der Waals surface area (Å²) in [4.78, 5) is 30.1. The van der Waals surface area contributed by atoms with E-state index in [-0.39, 0.29) is 22.0 Å². The van der Waals surface area contributed by atoms with E-state index in [2.05, 4.69) is 9.97 Å². The number of aromatic nitrogens is 2. The van der Waals surface area contributed by atoms with E-state index in [9.17, 15) is 9.59 Å². The zero-order valence-electron chi connectivity index (χ0n) is 12.7. The van der Waals surface area contributed by atoms with Crippen molar-refractivity contribution in [2.75, 3.05) is 0 Å². The molecule has 2 aromatic carbocycles. The first-order valence-corrected chi connectivity index (χ1v) is 7.54. The van der Waals surface area contributed by atoms with Crippen molar-refractivity contribution in [3.8, 4) is 0 Å². The summed E-state index contributed by atoms with van der Waals surface area (Å²) in [5.41, 5.74) is 2.12. The molecule has 0 unspecified atom stereocenters. The van der Waals surface area contributed by atoms with Gasteiger partial charge in [0.05, 0.1) is 21.5 Å². The van der Waals surface area contributed by atoms with Crippen LogP contribution in [0.3, 0.4) is 0 Å². The summed E-state index contributed by atoms with van der Waals surface area (Å²) in [6.07, 6.45) is 1.62. The molecule has 0 fully saturated rings. The van der Waals surface area contributed by atoms with E-state index in [1.165, 1.54) is 12.1 Å². The third kappa shape index (κ3) is 3.07. The lowest BCUT2D eigenvalue weighted by Gasteiger charge is -2.04. The van der Waals surface area contributed by atoms with Gasteiger partial charge in [-0.2, -0.15) is 0 Å². The molecule has 6 heteroatoms. The number of H-pyrrole nitrogens is 1. The van der Waals surface area contributed by atoms with Crippen LogP contribution in [-0.4, -0.2) is 21.0 Å². The van der Waals surface area contributed by atoms with Gasteiger partial charge in [-0.15, -0.1) is 0 Å². The molecule has 0 atom stereocenters. The third-order valence-corrected chi connectivity index (χ3v) is 3.90. The van der Waals surface area contributed by atoms with Crippen molar-refractivity contribution >= 4 is 39.6 Å². The maximum absolute atomic E-state index is 12.2. The van der Waals surface area contributed by atoms with Crippen LogP contribution in [0, 0.1) is 6.92 Å². The average molecular weight is 341 g/mol. The van der Waals surface area contributed by atoms with Crippen LogP contribution in [0.5, 0.6) is 0 Å². The standard InChI is InChI=1S/C18H13ClN2O3/c1-10-3-2-4-13-15(10)20-16(21-17(13)22)14(19)9-11-5-7-12(8-6-11)18(23)24/h2-9H,1H3,(H,23,24)(H,20,21,22)/b14-9-. The van der Waals surface area contributed by atoms with Crippen LogP contribution >= 0.6 is 11.6 Å². The zero-order valence-corrected chi connectivity index (χ0v) is 13.5. The van der Waals surface area contributed by atoms with Gasteiger partial charge in [-0.25, -0.2) is 9.78 Å². The zero-order chi connectivity index (χ0) is 17.3. The number of hydrogen-bond donors (Lipinski definition) is 2. The molecule has 0 radical (unpaired) electrons. The van der Waals surface area contributed by atoms with Crippen molar-refractivity contribution < 1.29 is 9.90 Å². The lowest BCUT2D eigenvalue weighted by Crippen LogP contribution is -2.11. The second-order valence-corrected chi connectivity index (χ2v) is 5.71. The van der Waals surface area contributed by atoms with Gasteiger partial charge in [-0.05, 0) is 42.3 Å². The Morgan fingerprint density at radius 2 is 1.92 bits per heavy atom. The molecule has 0 saturated heterocycles. The highest BCUT2D eigenvalue weighted by Gasteiger charge is 2.09. The second-order valence-electron chi connectivity index (χ2n) is 5.31. The van der Waals surface area contributed by atoms with Gasteiger partial charge in [0.25, 0.3) is 5.56 Å². The number of carboxylic acids is 1. The summed E-state index contributed by atoms with van der Waals surface area (Å²) < 4.78 is 0. The number of aromatic amines is 1. The van der Waals surface area contributed by atoms with Crippen LogP contribution in [0.25, 0.3) is 22.0 Å². The summed E-state index contributed by atoms with van der Waals surface area (Å²) in [5.74, 6) is -0.724. The molecule has 1 heterocycles. The number of aromatic carboxylic acids is 1. The molecular weight excluding hydrogens is 328 g/mol. The Balaban J connectivity index is 2.04. The molecule has 1 aromatic heterocycles. The van der Waals surface area contributed by atoms with E-state index in [4.69, 9.17) is 16.7 Å². The quantitative estimate of drug-likeness (QED) is 0.762. The average Bonchev–Trinajstić information content (AvgIpc) is 2.56. The molecule has 24 heavy (non-hydrogen) atoms. The minimum Gasteiger partial charge on any atom is -0.478 e. The molecule has 2 N–H and O–H groups in total. The topological polar surface area (TPSA) is 83.0 Å². The number of benzene rings is 2. The summed E-state index contributed by atoms with van der Waals surface area (Å²) in [6.45, 7) is 1.88. The summed E-state index contributed by atoms with van der Waals surface area (Å²) in [6, 6.07) is 11.6. The number of carboxylic acid groups (broad SMARTS) is 1. The normalized spacial score (nSPS) is 11.7. The number of aryl methyl sites for hydroxylation is 1. The first kappa shape index (κ1) is 16.0. The summed E-state index contributed by atoms with van der Waals surface area (Å²) >= 11 is 6.28. The van der Waals surface area contributed by atoms with Crippen LogP contribution < -0.4 is 5.56 Å². The van der Waals surface area contributed by atoms with Crippen molar-refractivity contribution in [2.45, 2.75) is 6.92 Å². The number of nitrogens with one attached hydrogen (secondary N) is 1. The molecule has 0 spiro atoms. The van der Waals surface area contributed by atoms with Crippen molar-refractivity contribution in [3.63, 3.8) is 0 Å². The van der Waals surface area contributed by atoms with Crippen LogP contribution in [0.1, 0.15) is 27.3 Å². The number of nitrogens with zero attached hydrogens (tertiary/aromatic N) is 1. The van der Waals surface area contributed by atoms with Crippen LogP contribution in [0.4, 0.5) is 0 Å². The van der Waals surface area contributed by atoms with Gasteiger partial charge in [0.15, 0.2) is 5.82 Å². The Hall–Kier alpha value is -2.92. The van der Waals surface area contributed by atoms with Crippen LogP contribution in [0.15, 0.2) is 47.3 Å². The Morgan fingerprint density at radius 1 is 1.21 bits per heavy atom. The number of hydrogen-bond acceptors (Lipinski definition) is 3. The maximum Gasteiger partial charge on any atom is 0.335 e. The van der Waals surface area contributed by atoms with E-state index < -0.39 is 5.97 Å². The molecule has 3 aromatic rings. The number of para-hydroxylation sites is 1. The summed E-state index contributed by atoms with van der Waals surface area (Å²) in [5, 5.41) is 9.67. The molecule has 0 bridgehead atoms. The van der Waals surface area contributed by atoms with E-state index in [0.29, 0.717) is 16.5 Å². The lowest BCUT2D eigenvalue weighted by atomic mass is 10.1. The van der Waals surface area contributed by atoms with Crippen LogP contribution in [0.2, 0.25) is 0 Å². The third-order valence-electron chi connectivity index (χ3n) is 3.62. The predicted octanol–water partition coefficient (Wildman–Crippen LogP) is 3.67. The van der Waals surface area contributed by atoms with Gasteiger partial charge in [-0.3, -0.25) is 4.79 Å². The SMILES string of the molecule is Cc1cccc2c(=O)[nH]c(/C(Cl)=C/c3ccc(C(=O)O)cc3)nc12. The minimum atomic E-state index is -0.993. The van der Waals surface area contributed by atoms with E-state index in [1.807, 2.05) is 13.0 Å². The Morgan fingerprint density at radius 3 is 2.58 bits per heavy atom. The van der Waals surface area contributed by atoms with Gasteiger partial charge in [0.2, 0.25) is 0 Å². The fourth-order valence-corrected chi connectivity index (χ4v) is 2.57. The largest absolute Gasteiger partial charge is 0.478 e. The molecule has 3 rings (SSSR count). The fourth-order valence-electron chi connectivity index (χ4n) is 2.35. The number of fused-ring (bicyclic) bond motifs is 1. The van der Waals surface area contributed by atoms with Gasteiger partial charge in [-0.1, -0.05) is 35.9 Å². The number of halogens is 1. The first-order valence-electron chi connectivity index (χ1n) is 7.16. The van der Waals surface area contributed by atoms with Crippen LogP contribution in [-0.2, 0) is 0 Å². The molecule has 0 aliphatic carbocycles. The number of rotatable bonds is 3. The Bertz CT molecular complexity index is 1020. The minimum absolute atomic E-state index is 0.191. The monoisotopic (exact) mass is 340 g/mol. The van der Waals surface area contributed by atoms with Gasteiger partial charge < -0.3 is 10.1 Å². The second kappa shape index (κ2) is 6.29. The first-order chi connectivity index (χ1) is 11.5. The molecule has 5 nitrogen and oxygen atoms in total. The molecule has 0 aliphatic heterocycles. The lowest BCUT2D eigenvalue weighted by molar-refractivity contribution is 0.0697. The Kier molecular flexibility index (Phi) is 4.18. The van der Waals surface area contributed by atoms with Crippen molar-refractivity contribution in [1.82, 2.24) is 9.97 Å². The van der Waals surface area contributed by atoms with E-state index in [1.54, 1.807) is 30.3 Å². The molecule has 0 saturated carbocycles. The van der Waals surface area contributed by atoms with Gasteiger partial charge in [0.1, 0.15) is 0 Å². The summed E-state index contributed by atoms with van der Waals surface area (Å²) in [7, 11) is 0. The van der Waals surface area contributed by atoms with Gasteiger partial charge >= 0.3 is 5.97 Å². The highest BCUT2D eigenvalue weighted by Crippen LogP contribution is 2.21. The molecule has 120 valence electrons. The smallest absolute Gasteiger partial charge is 0.335 e. The predicted molar refractivity (Wildman–Crippen MR) is 94.2 cm³/mol.